The molecule has 0 unspecified atom stereocenters. The highest BCUT2D eigenvalue weighted by Gasteiger charge is 2.06. The Balaban J connectivity index is 1.95. The van der Waals surface area contributed by atoms with E-state index in [9.17, 15) is 4.79 Å². The summed E-state index contributed by atoms with van der Waals surface area (Å²) in [6, 6.07) is 14.8. The van der Waals surface area contributed by atoms with Gasteiger partial charge in [0, 0.05) is 18.1 Å². The quantitative estimate of drug-likeness (QED) is 0.716. The summed E-state index contributed by atoms with van der Waals surface area (Å²) in [6.07, 6.45) is 1.99. The molecule has 0 radical (unpaired) electrons. The maximum absolute atomic E-state index is 10.8. The second-order valence-corrected chi connectivity index (χ2v) is 4.73. The van der Waals surface area contributed by atoms with Crippen LogP contribution in [0.5, 0.6) is 0 Å². The van der Waals surface area contributed by atoms with Gasteiger partial charge in [-0.2, -0.15) is 0 Å². The van der Waals surface area contributed by atoms with Gasteiger partial charge in [-0.15, -0.1) is 0 Å². The summed E-state index contributed by atoms with van der Waals surface area (Å²) >= 11 is 0. The molecule has 2 aromatic carbocycles. The Morgan fingerprint density at radius 3 is 2.55 bits per heavy atom. The minimum atomic E-state index is -0.910. The normalized spacial score (nSPS) is 10.8. The Morgan fingerprint density at radius 1 is 1.10 bits per heavy atom. The minimum absolute atomic E-state index is 0.297. The van der Waals surface area contributed by atoms with Gasteiger partial charge in [0.05, 0.1) is 16.8 Å². The van der Waals surface area contributed by atoms with Crippen LogP contribution in [-0.4, -0.2) is 15.6 Å². The lowest BCUT2D eigenvalue weighted by molar-refractivity contribution is 0.0697. The second kappa shape index (κ2) is 4.74. The largest absolute Gasteiger partial charge is 0.478 e. The predicted molar refractivity (Wildman–Crippen MR) is 78.9 cm³/mol. The highest BCUT2D eigenvalue weighted by molar-refractivity contribution is 5.90. The van der Waals surface area contributed by atoms with Gasteiger partial charge in [-0.25, -0.2) is 4.79 Å². The first-order valence-corrected chi connectivity index (χ1v) is 6.31. The molecule has 1 heterocycles. The molecular weight excluding hydrogens is 252 g/mol. The molecule has 0 aliphatic heterocycles. The summed E-state index contributed by atoms with van der Waals surface area (Å²) in [4.78, 5) is 10.8. The lowest BCUT2D eigenvalue weighted by Gasteiger charge is -2.08. The van der Waals surface area contributed by atoms with Crippen LogP contribution in [-0.2, 0) is 6.54 Å². The van der Waals surface area contributed by atoms with Crippen molar-refractivity contribution in [3.8, 4) is 0 Å². The smallest absolute Gasteiger partial charge is 0.335 e. The highest BCUT2D eigenvalue weighted by Crippen LogP contribution is 2.23. The van der Waals surface area contributed by atoms with Gasteiger partial charge in [0.15, 0.2) is 0 Å². The van der Waals surface area contributed by atoms with Crippen LogP contribution >= 0.6 is 0 Å². The molecule has 0 bridgehead atoms. The van der Waals surface area contributed by atoms with E-state index < -0.39 is 5.97 Å². The number of anilines is 1. The molecule has 3 N–H and O–H groups in total. The van der Waals surface area contributed by atoms with Crippen LogP contribution < -0.4 is 5.73 Å². The number of carbonyl (C=O) groups is 1. The van der Waals surface area contributed by atoms with Crippen molar-refractivity contribution < 1.29 is 9.90 Å². The third-order valence-corrected chi connectivity index (χ3v) is 3.37. The Kier molecular flexibility index (Phi) is 2.91. The SMILES string of the molecule is Nc1cccc2ccn(Cc3ccc(C(=O)O)cc3)c12. The number of fused-ring (bicyclic) bond motifs is 1. The van der Waals surface area contributed by atoms with Crippen molar-refractivity contribution in [2.45, 2.75) is 6.54 Å². The number of nitrogens with zero attached hydrogens (tertiary/aromatic N) is 1. The average Bonchev–Trinajstić information content (AvgIpc) is 2.84. The molecule has 1 aromatic heterocycles. The molecule has 0 aliphatic rings. The molecule has 100 valence electrons. The third kappa shape index (κ3) is 2.12. The molecule has 0 amide bonds. The molecule has 20 heavy (non-hydrogen) atoms. The number of carboxylic acid groups (broad SMARTS) is 1. The summed E-state index contributed by atoms with van der Waals surface area (Å²) in [5.74, 6) is -0.910. The van der Waals surface area contributed by atoms with Gasteiger partial charge in [0.2, 0.25) is 0 Å². The number of carboxylic acids is 1. The maximum atomic E-state index is 10.8. The van der Waals surface area contributed by atoms with Crippen molar-refractivity contribution >= 4 is 22.6 Å². The number of nitrogen functional groups attached to an aromatic ring is 1. The Labute approximate surface area is 116 Å². The molecular formula is C16H14N2O2. The van der Waals surface area contributed by atoms with Gasteiger partial charge in [-0.3, -0.25) is 0 Å². The first-order chi connectivity index (χ1) is 9.65. The zero-order chi connectivity index (χ0) is 14.1. The van der Waals surface area contributed by atoms with E-state index in [1.54, 1.807) is 12.1 Å². The Bertz CT molecular complexity index is 773. The lowest BCUT2D eigenvalue weighted by Crippen LogP contribution is -2.01. The van der Waals surface area contributed by atoms with Crippen LogP contribution in [0, 0.1) is 0 Å². The summed E-state index contributed by atoms with van der Waals surface area (Å²) in [5.41, 5.74) is 9.11. The van der Waals surface area contributed by atoms with Gasteiger partial charge in [-0.05, 0) is 29.8 Å². The van der Waals surface area contributed by atoms with E-state index in [4.69, 9.17) is 10.8 Å². The van der Waals surface area contributed by atoms with Crippen molar-refractivity contribution in [2.75, 3.05) is 5.73 Å². The first-order valence-electron chi connectivity index (χ1n) is 6.31. The zero-order valence-electron chi connectivity index (χ0n) is 10.8. The van der Waals surface area contributed by atoms with Crippen LogP contribution in [0.2, 0.25) is 0 Å². The number of benzene rings is 2. The molecule has 0 saturated heterocycles. The number of rotatable bonds is 3. The van der Waals surface area contributed by atoms with Crippen LogP contribution in [0.3, 0.4) is 0 Å². The number of hydrogen-bond donors (Lipinski definition) is 2. The monoisotopic (exact) mass is 266 g/mol. The van der Waals surface area contributed by atoms with Crippen molar-refractivity contribution in [2.24, 2.45) is 0 Å². The average molecular weight is 266 g/mol. The van der Waals surface area contributed by atoms with E-state index >= 15 is 0 Å². The van der Waals surface area contributed by atoms with E-state index in [-0.39, 0.29) is 0 Å². The predicted octanol–water partition coefficient (Wildman–Crippen LogP) is 2.97. The first kappa shape index (κ1) is 12.3. The topological polar surface area (TPSA) is 68.2 Å². The van der Waals surface area contributed by atoms with E-state index in [0.717, 1.165) is 22.2 Å². The minimum Gasteiger partial charge on any atom is -0.478 e. The molecule has 0 fully saturated rings. The Morgan fingerprint density at radius 2 is 1.85 bits per heavy atom. The third-order valence-electron chi connectivity index (χ3n) is 3.37. The van der Waals surface area contributed by atoms with E-state index in [1.807, 2.05) is 42.6 Å². The molecule has 4 heteroatoms. The van der Waals surface area contributed by atoms with Crippen LogP contribution in [0.15, 0.2) is 54.7 Å². The summed E-state index contributed by atoms with van der Waals surface area (Å²) in [5, 5.41) is 9.99. The standard InChI is InChI=1S/C16H14N2O2/c17-14-3-1-2-12-8-9-18(15(12)14)10-11-4-6-13(7-5-11)16(19)20/h1-9H,10,17H2,(H,19,20). The van der Waals surface area contributed by atoms with Crippen LogP contribution in [0.25, 0.3) is 10.9 Å². The van der Waals surface area contributed by atoms with Gasteiger partial charge >= 0.3 is 5.97 Å². The van der Waals surface area contributed by atoms with E-state index in [0.29, 0.717) is 12.1 Å². The van der Waals surface area contributed by atoms with E-state index in [2.05, 4.69) is 4.57 Å². The zero-order valence-corrected chi connectivity index (χ0v) is 10.8. The van der Waals surface area contributed by atoms with Crippen molar-refractivity contribution in [3.63, 3.8) is 0 Å². The Hall–Kier alpha value is -2.75. The van der Waals surface area contributed by atoms with Gasteiger partial charge in [0.25, 0.3) is 0 Å². The second-order valence-electron chi connectivity index (χ2n) is 4.73. The number of aromatic nitrogens is 1. The molecule has 3 rings (SSSR count). The summed E-state index contributed by atoms with van der Waals surface area (Å²) in [7, 11) is 0. The maximum Gasteiger partial charge on any atom is 0.335 e. The summed E-state index contributed by atoms with van der Waals surface area (Å²) in [6.45, 7) is 0.664. The fourth-order valence-corrected chi connectivity index (χ4v) is 2.37. The fraction of sp³-hybridized carbons (Fsp3) is 0.0625. The molecule has 0 atom stereocenters. The van der Waals surface area contributed by atoms with Crippen LogP contribution in [0.4, 0.5) is 5.69 Å². The number of hydrogen-bond acceptors (Lipinski definition) is 2. The van der Waals surface area contributed by atoms with Gasteiger partial charge < -0.3 is 15.4 Å². The number of nitrogens with two attached hydrogens (primary N) is 1. The molecule has 4 nitrogen and oxygen atoms in total. The number of aromatic carboxylic acids is 1. The van der Waals surface area contributed by atoms with Gasteiger partial charge in [-0.1, -0.05) is 24.3 Å². The van der Waals surface area contributed by atoms with Crippen molar-refractivity contribution in [1.29, 1.82) is 0 Å². The fourth-order valence-electron chi connectivity index (χ4n) is 2.37. The lowest BCUT2D eigenvalue weighted by atomic mass is 10.1. The van der Waals surface area contributed by atoms with E-state index in [1.165, 1.54) is 0 Å². The number of para-hydroxylation sites is 1. The molecule has 3 aromatic rings. The summed E-state index contributed by atoms with van der Waals surface area (Å²) < 4.78 is 2.07. The highest BCUT2D eigenvalue weighted by atomic mass is 16.4. The molecule has 0 aliphatic carbocycles. The van der Waals surface area contributed by atoms with Crippen molar-refractivity contribution in [1.82, 2.24) is 4.57 Å². The van der Waals surface area contributed by atoms with Gasteiger partial charge in [0.1, 0.15) is 0 Å². The molecule has 0 spiro atoms. The van der Waals surface area contributed by atoms with Crippen molar-refractivity contribution in [3.05, 3.63) is 65.9 Å². The van der Waals surface area contributed by atoms with Crippen LogP contribution in [0.1, 0.15) is 15.9 Å². The molecule has 0 saturated carbocycles.